The number of hydrogen-bond donors (Lipinski definition) is 3. The SMILES string of the molecule is CC(C)NC(=S)Nc1ccc(S)cc1. The van der Waals surface area contributed by atoms with Crippen molar-refractivity contribution in [3.05, 3.63) is 24.3 Å². The molecule has 2 N–H and O–H groups in total. The first-order valence-corrected chi connectivity index (χ1v) is 5.30. The second kappa shape index (κ2) is 5.22. The molecule has 0 aliphatic carbocycles. The maximum atomic E-state index is 5.10. The van der Waals surface area contributed by atoms with E-state index in [0.717, 1.165) is 10.6 Å². The Labute approximate surface area is 95.5 Å². The Bertz CT molecular complexity index is 306. The van der Waals surface area contributed by atoms with Crippen molar-refractivity contribution >= 4 is 35.6 Å². The van der Waals surface area contributed by atoms with Gasteiger partial charge in [-0.05, 0) is 50.3 Å². The highest BCUT2D eigenvalue weighted by Gasteiger charge is 1.98. The van der Waals surface area contributed by atoms with Gasteiger partial charge in [0.05, 0.1) is 0 Å². The molecule has 0 bridgehead atoms. The molecule has 0 saturated carbocycles. The molecule has 76 valence electrons. The van der Waals surface area contributed by atoms with Crippen molar-refractivity contribution in [3.8, 4) is 0 Å². The Balaban J connectivity index is 2.52. The Kier molecular flexibility index (Phi) is 4.22. The lowest BCUT2D eigenvalue weighted by molar-refractivity contribution is 0.739. The van der Waals surface area contributed by atoms with Gasteiger partial charge in [0.15, 0.2) is 5.11 Å². The van der Waals surface area contributed by atoms with Gasteiger partial charge in [0.2, 0.25) is 0 Å². The van der Waals surface area contributed by atoms with Crippen LogP contribution < -0.4 is 10.6 Å². The molecule has 0 aromatic heterocycles. The van der Waals surface area contributed by atoms with Crippen molar-refractivity contribution in [1.82, 2.24) is 5.32 Å². The van der Waals surface area contributed by atoms with Gasteiger partial charge in [-0.25, -0.2) is 0 Å². The van der Waals surface area contributed by atoms with Crippen LogP contribution >= 0.6 is 24.8 Å². The van der Waals surface area contributed by atoms with Crippen molar-refractivity contribution in [2.45, 2.75) is 24.8 Å². The highest BCUT2D eigenvalue weighted by atomic mass is 32.1. The zero-order valence-corrected chi connectivity index (χ0v) is 9.95. The summed E-state index contributed by atoms with van der Waals surface area (Å²) >= 11 is 9.31. The molecule has 1 aromatic carbocycles. The van der Waals surface area contributed by atoms with Gasteiger partial charge < -0.3 is 10.6 Å². The molecule has 14 heavy (non-hydrogen) atoms. The predicted molar refractivity (Wildman–Crippen MR) is 68.2 cm³/mol. The van der Waals surface area contributed by atoms with E-state index >= 15 is 0 Å². The fraction of sp³-hybridized carbons (Fsp3) is 0.300. The molecule has 0 fully saturated rings. The van der Waals surface area contributed by atoms with Crippen LogP contribution in [0.1, 0.15) is 13.8 Å². The first-order valence-electron chi connectivity index (χ1n) is 4.44. The minimum absolute atomic E-state index is 0.346. The molecule has 1 aromatic rings. The Hall–Kier alpha value is -0.740. The van der Waals surface area contributed by atoms with E-state index in [1.807, 2.05) is 38.1 Å². The van der Waals surface area contributed by atoms with Gasteiger partial charge in [-0.1, -0.05) is 0 Å². The van der Waals surface area contributed by atoms with Crippen LogP contribution in [0.4, 0.5) is 5.69 Å². The summed E-state index contributed by atoms with van der Waals surface area (Å²) in [6.45, 7) is 4.09. The van der Waals surface area contributed by atoms with Crippen molar-refractivity contribution in [2.24, 2.45) is 0 Å². The van der Waals surface area contributed by atoms with E-state index in [1.165, 1.54) is 0 Å². The molecule has 0 saturated heterocycles. The number of rotatable bonds is 2. The van der Waals surface area contributed by atoms with E-state index in [0.29, 0.717) is 11.2 Å². The number of benzene rings is 1. The first kappa shape index (κ1) is 11.3. The van der Waals surface area contributed by atoms with Crippen molar-refractivity contribution in [3.63, 3.8) is 0 Å². The van der Waals surface area contributed by atoms with Crippen LogP contribution in [-0.4, -0.2) is 11.2 Å². The molecule has 0 spiro atoms. The van der Waals surface area contributed by atoms with Crippen LogP contribution in [0.15, 0.2) is 29.2 Å². The smallest absolute Gasteiger partial charge is 0.170 e. The second-order valence-electron chi connectivity index (χ2n) is 3.30. The largest absolute Gasteiger partial charge is 0.360 e. The third-order valence-electron chi connectivity index (χ3n) is 1.54. The zero-order chi connectivity index (χ0) is 10.6. The summed E-state index contributed by atoms with van der Waals surface area (Å²) in [7, 11) is 0. The fourth-order valence-corrected chi connectivity index (χ4v) is 1.48. The number of thiocarbonyl (C=S) groups is 1. The number of nitrogens with one attached hydrogen (secondary N) is 2. The predicted octanol–water partition coefficient (Wildman–Crippen LogP) is 2.67. The average Bonchev–Trinajstić information content (AvgIpc) is 2.07. The van der Waals surface area contributed by atoms with Crippen LogP contribution in [0.2, 0.25) is 0 Å². The number of hydrogen-bond acceptors (Lipinski definition) is 2. The standard InChI is InChI=1S/C10H14N2S2/c1-7(2)11-10(14)12-8-3-5-9(13)6-4-8/h3-7,13H,1-2H3,(H2,11,12,14). The van der Waals surface area contributed by atoms with Crippen LogP contribution in [0.5, 0.6) is 0 Å². The number of thiol groups is 1. The van der Waals surface area contributed by atoms with Crippen LogP contribution in [0.3, 0.4) is 0 Å². The van der Waals surface area contributed by atoms with E-state index in [2.05, 4.69) is 23.3 Å². The second-order valence-corrected chi connectivity index (χ2v) is 4.22. The monoisotopic (exact) mass is 226 g/mol. The van der Waals surface area contributed by atoms with Gasteiger partial charge in [0.1, 0.15) is 0 Å². The fourth-order valence-electron chi connectivity index (χ4n) is 0.974. The van der Waals surface area contributed by atoms with Crippen molar-refractivity contribution in [2.75, 3.05) is 5.32 Å². The van der Waals surface area contributed by atoms with E-state index in [-0.39, 0.29) is 0 Å². The van der Waals surface area contributed by atoms with E-state index < -0.39 is 0 Å². The first-order chi connectivity index (χ1) is 6.58. The molecule has 1 rings (SSSR count). The summed E-state index contributed by atoms with van der Waals surface area (Å²) in [6.07, 6.45) is 0. The molecular weight excluding hydrogens is 212 g/mol. The summed E-state index contributed by atoms with van der Waals surface area (Å²) < 4.78 is 0. The molecule has 4 heteroatoms. The van der Waals surface area contributed by atoms with Gasteiger partial charge in [0.25, 0.3) is 0 Å². The molecule has 0 aliphatic rings. The highest BCUT2D eigenvalue weighted by molar-refractivity contribution is 7.80. The van der Waals surface area contributed by atoms with Gasteiger partial charge in [-0.15, -0.1) is 12.6 Å². The normalized spacial score (nSPS) is 10.0. The number of anilines is 1. The summed E-state index contributed by atoms with van der Waals surface area (Å²) in [5, 5.41) is 6.84. The molecule has 0 unspecified atom stereocenters. The molecular formula is C10H14N2S2. The van der Waals surface area contributed by atoms with Crippen LogP contribution in [0, 0.1) is 0 Å². The zero-order valence-electron chi connectivity index (χ0n) is 8.24. The van der Waals surface area contributed by atoms with Crippen LogP contribution in [0.25, 0.3) is 0 Å². The lowest BCUT2D eigenvalue weighted by atomic mass is 10.3. The van der Waals surface area contributed by atoms with E-state index in [9.17, 15) is 0 Å². The van der Waals surface area contributed by atoms with Gasteiger partial charge in [-0.2, -0.15) is 0 Å². The summed E-state index contributed by atoms with van der Waals surface area (Å²) in [5.41, 5.74) is 0.973. The lowest BCUT2D eigenvalue weighted by Crippen LogP contribution is -2.33. The summed E-state index contributed by atoms with van der Waals surface area (Å²) in [4.78, 5) is 0.943. The maximum Gasteiger partial charge on any atom is 0.170 e. The Morgan fingerprint density at radius 1 is 1.29 bits per heavy atom. The third kappa shape index (κ3) is 3.98. The Morgan fingerprint density at radius 2 is 1.86 bits per heavy atom. The van der Waals surface area contributed by atoms with Gasteiger partial charge in [-0.3, -0.25) is 0 Å². The Morgan fingerprint density at radius 3 is 2.36 bits per heavy atom. The minimum Gasteiger partial charge on any atom is -0.360 e. The molecule has 0 radical (unpaired) electrons. The minimum atomic E-state index is 0.346. The lowest BCUT2D eigenvalue weighted by Gasteiger charge is -2.12. The van der Waals surface area contributed by atoms with Gasteiger partial charge in [0, 0.05) is 16.6 Å². The topological polar surface area (TPSA) is 24.1 Å². The van der Waals surface area contributed by atoms with E-state index in [1.54, 1.807) is 0 Å². The molecule has 0 heterocycles. The van der Waals surface area contributed by atoms with Crippen molar-refractivity contribution in [1.29, 1.82) is 0 Å². The molecule has 0 atom stereocenters. The van der Waals surface area contributed by atoms with Gasteiger partial charge >= 0.3 is 0 Å². The molecule has 2 nitrogen and oxygen atoms in total. The molecule has 0 amide bonds. The maximum absolute atomic E-state index is 5.10. The summed E-state index contributed by atoms with van der Waals surface area (Å²) in [6, 6.07) is 8.07. The van der Waals surface area contributed by atoms with Crippen LogP contribution in [-0.2, 0) is 0 Å². The molecule has 0 aliphatic heterocycles. The van der Waals surface area contributed by atoms with E-state index in [4.69, 9.17) is 12.2 Å². The summed E-state index contributed by atoms with van der Waals surface area (Å²) in [5.74, 6) is 0. The average molecular weight is 226 g/mol. The third-order valence-corrected chi connectivity index (χ3v) is 2.06. The highest BCUT2D eigenvalue weighted by Crippen LogP contribution is 2.11. The quantitative estimate of drug-likeness (QED) is 0.534. The van der Waals surface area contributed by atoms with Crippen molar-refractivity contribution < 1.29 is 0 Å².